The molecule has 0 N–H and O–H groups in total. The second-order valence-corrected chi connectivity index (χ2v) is 7.25. The Hall–Kier alpha value is -2.43. The molecule has 0 spiro atoms. The molecule has 4 heteroatoms. The van der Waals surface area contributed by atoms with E-state index in [-0.39, 0.29) is 0 Å². The Morgan fingerprint density at radius 3 is 2.36 bits per heavy atom. The molecule has 0 saturated carbocycles. The molecule has 2 nitrogen and oxygen atoms in total. The number of hydrogen-bond acceptors (Lipinski definition) is 3. The lowest BCUT2D eigenvalue weighted by Crippen LogP contribution is -1.90. The Morgan fingerprint density at radius 1 is 0.960 bits per heavy atom. The lowest BCUT2D eigenvalue weighted by atomic mass is 10.2. The van der Waals surface area contributed by atoms with Gasteiger partial charge in [-0.15, -0.1) is 24.0 Å². The molecule has 0 fully saturated rings. The molecule has 1 heterocycles. The van der Waals surface area contributed by atoms with Crippen molar-refractivity contribution in [1.29, 1.82) is 0 Å². The van der Waals surface area contributed by atoms with Crippen LogP contribution in [0, 0.1) is 6.92 Å². The van der Waals surface area contributed by atoms with Gasteiger partial charge in [-0.2, -0.15) is 0 Å². The largest absolute Gasteiger partial charge is 0.241 e. The van der Waals surface area contributed by atoms with Crippen molar-refractivity contribution < 1.29 is 0 Å². The minimum Gasteiger partial charge on any atom is -0.241 e. The molecule has 0 aliphatic heterocycles. The van der Waals surface area contributed by atoms with Crippen LogP contribution in [0.5, 0.6) is 0 Å². The highest BCUT2D eigenvalue weighted by Gasteiger charge is 2.09. The van der Waals surface area contributed by atoms with E-state index in [1.807, 2.05) is 48.5 Å². The summed E-state index contributed by atoms with van der Waals surface area (Å²) in [6.07, 6.45) is 0. The van der Waals surface area contributed by atoms with Crippen LogP contribution in [-0.2, 0) is 0 Å². The van der Waals surface area contributed by atoms with Crippen molar-refractivity contribution in [1.82, 2.24) is 4.98 Å². The number of aryl methyl sites for hydroxylation is 1. The topological polar surface area (TPSA) is 25.2 Å². The molecule has 0 saturated heterocycles. The Balaban J connectivity index is 1.77. The summed E-state index contributed by atoms with van der Waals surface area (Å²) in [5, 5.41) is 1.75. The normalized spacial score (nSPS) is 11.8. The molecule has 0 unspecified atom stereocenters. The van der Waals surface area contributed by atoms with Gasteiger partial charge in [0.1, 0.15) is 10.1 Å². The monoisotopic (exact) mass is 360 g/mol. The molecule has 122 valence electrons. The zero-order chi connectivity index (χ0) is 17.2. The van der Waals surface area contributed by atoms with E-state index in [9.17, 15) is 0 Å². The van der Waals surface area contributed by atoms with Gasteiger partial charge in [-0.05, 0) is 24.6 Å². The summed E-state index contributed by atoms with van der Waals surface area (Å²) in [6.45, 7) is 2.06. The number of nitrogens with zero attached hydrogens (tertiary/aromatic N) is 2. The molecule has 0 amide bonds. The highest BCUT2D eigenvalue weighted by Crippen LogP contribution is 2.34. The quantitative estimate of drug-likeness (QED) is 0.260. The fourth-order valence-corrected chi connectivity index (χ4v) is 3.90. The summed E-state index contributed by atoms with van der Waals surface area (Å²) >= 11 is 6.26. The molecule has 0 aliphatic carbocycles. The van der Waals surface area contributed by atoms with Gasteiger partial charge in [-0.1, -0.05) is 60.7 Å². The van der Waals surface area contributed by atoms with Gasteiger partial charge in [0.15, 0.2) is 0 Å². The summed E-state index contributed by atoms with van der Waals surface area (Å²) < 4.78 is 1.14. The Bertz CT molecular complexity index is 1050. The van der Waals surface area contributed by atoms with E-state index >= 15 is 0 Å². The Labute approximate surface area is 156 Å². The maximum atomic E-state index is 4.77. The summed E-state index contributed by atoms with van der Waals surface area (Å²) in [7, 11) is 0. The molecule has 4 aromatic rings. The van der Waals surface area contributed by atoms with Crippen molar-refractivity contribution in [3.05, 3.63) is 83.9 Å². The van der Waals surface area contributed by atoms with Crippen molar-refractivity contribution in [2.75, 3.05) is 0 Å². The highest BCUT2D eigenvalue weighted by atomic mass is 32.1. The van der Waals surface area contributed by atoms with Gasteiger partial charge in [-0.25, -0.2) is 9.98 Å². The fourth-order valence-electron chi connectivity index (χ4n) is 2.66. The molecule has 25 heavy (non-hydrogen) atoms. The van der Waals surface area contributed by atoms with Gasteiger partial charge in [-0.3, -0.25) is 0 Å². The number of rotatable bonds is 3. The average Bonchev–Trinajstić information content (AvgIpc) is 3.06. The van der Waals surface area contributed by atoms with E-state index in [2.05, 4.69) is 43.8 Å². The number of benzene rings is 3. The molecule has 0 aliphatic rings. The molecular formula is C21H16N2S2. The predicted octanol–water partition coefficient (Wildman–Crippen LogP) is 6.28. The van der Waals surface area contributed by atoms with Crippen LogP contribution in [0.1, 0.15) is 11.1 Å². The lowest BCUT2D eigenvalue weighted by molar-refractivity contribution is 1.40. The second-order valence-electron chi connectivity index (χ2n) is 5.79. The van der Waals surface area contributed by atoms with Gasteiger partial charge in [0.05, 0.1) is 15.9 Å². The number of thiazole rings is 1. The van der Waals surface area contributed by atoms with Crippen LogP contribution in [0.2, 0.25) is 0 Å². The minimum absolute atomic E-state index is 0.718. The third-order valence-corrected chi connectivity index (χ3v) is 5.41. The number of aliphatic imine (C=N–C) groups is 1. The summed E-state index contributed by atoms with van der Waals surface area (Å²) in [4.78, 5) is 9.49. The predicted molar refractivity (Wildman–Crippen MR) is 111 cm³/mol. The molecule has 1 aromatic heterocycles. The standard InChI is InChI=1S/C21H16N2S2/c1-14-12-18-19(25-21(23-18)16-10-6-3-7-11-16)13-17(14)22-20(24)15-8-4-2-5-9-15/h2-13H,1H3,(H,22,24). The van der Waals surface area contributed by atoms with Gasteiger partial charge in [0.2, 0.25) is 0 Å². The zero-order valence-electron chi connectivity index (χ0n) is 13.7. The van der Waals surface area contributed by atoms with Gasteiger partial charge in [0.25, 0.3) is 0 Å². The fraction of sp³-hybridized carbons (Fsp3) is 0.0476. The van der Waals surface area contributed by atoms with Crippen LogP contribution in [0.25, 0.3) is 20.8 Å². The van der Waals surface area contributed by atoms with Gasteiger partial charge < -0.3 is 0 Å². The van der Waals surface area contributed by atoms with Crippen LogP contribution in [0.4, 0.5) is 5.69 Å². The van der Waals surface area contributed by atoms with Crippen molar-refractivity contribution in [3.63, 3.8) is 0 Å². The first kappa shape index (κ1) is 16.1. The Morgan fingerprint density at radius 2 is 1.64 bits per heavy atom. The molecule has 0 atom stereocenters. The molecule has 0 bridgehead atoms. The zero-order valence-corrected chi connectivity index (χ0v) is 15.4. The number of hydrogen-bond donors (Lipinski definition) is 1. The maximum Gasteiger partial charge on any atom is 0.124 e. The summed E-state index contributed by atoms with van der Waals surface area (Å²) in [5.41, 5.74) is 5.20. The van der Waals surface area contributed by atoms with Crippen molar-refractivity contribution in [3.8, 4) is 10.6 Å². The van der Waals surface area contributed by atoms with Gasteiger partial charge >= 0.3 is 0 Å². The van der Waals surface area contributed by atoms with E-state index in [4.69, 9.17) is 9.98 Å². The summed E-state index contributed by atoms with van der Waals surface area (Å²) in [6, 6.07) is 24.5. The highest BCUT2D eigenvalue weighted by molar-refractivity contribution is 7.97. The number of aromatic nitrogens is 1. The van der Waals surface area contributed by atoms with E-state index in [1.54, 1.807) is 11.3 Å². The Kier molecular flexibility index (Phi) is 4.38. The van der Waals surface area contributed by atoms with Gasteiger partial charge in [0, 0.05) is 11.1 Å². The third kappa shape index (κ3) is 3.36. The van der Waals surface area contributed by atoms with Crippen molar-refractivity contribution in [2.24, 2.45) is 4.99 Å². The smallest absolute Gasteiger partial charge is 0.124 e. The van der Waals surface area contributed by atoms with Crippen molar-refractivity contribution >= 4 is 44.9 Å². The first-order chi connectivity index (χ1) is 12.2. The molecule has 3 aromatic carbocycles. The van der Waals surface area contributed by atoms with Crippen LogP contribution in [0.15, 0.2) is 77.8 Å². The third-order valence-electron chi connectivity index (χ3n) is 3.99. The van der Waals surface area contributed by atoms with Crippen molar-refractivity contribution in [2.45, 2.75) is 6.92 Å². The van der Waals surface area contributed by atoms with Crippen LogP contribution >= 0.6 is 24.0 Å². The van der Waals surface area contributed by atoms with E-state index in [0.29, 0.717) is 0 Å². The minimum atomic E-state index is 0.718. The van der Waals surface area contributed by atoms with E-state index in [0.717, 1.165) is 42.6 Å². The summed E-state index contributed by atoms with van der Waals surface area (Å²) in [5.74, 6) is 0. The second kappa shape index (κ2) is 6.82. The van der Waals surface area contributed by atoms with E-state index < -0.39 is 0 Å². The molecule has 4 rings (SSSR count). The first-order valence-corrected chi connectivity index (χ1v) is 9.27. The first-order valence-electron chi connectivity index (χ1n) is 8.00. The maximum absolute atomic E-state index is 4.77. The number of fused-ring (bicyclic) bond motifs is 1. The SMILES string of the molecule is Cc1cc2nc(-c3ccccc3)sc2cc1/N=C(\S)c1ccccc1. The van der Waals surface area contributed by atoms with Crippen LogP contribution in [-0.4, -0.2) is 10.0 Å². The average molecular weight is 361 g/mol. The van der Waals surface area contributed by atoms with Crippen LogP contribution in [0.3, 0.4) is 0 Å². The van der Waals surface area contributed by atoms with Crippen LogP contribution < -0.4 is 0 Å². The van der Waals surface area contributed by atoms with E-state index in [1.165, 1.54) is 0 Å². The lowest BCUT2D eigenvalue weighted by Gasteiger charge is -2.03. The molecule has 0 radical (unpaired) electrons. The molecular weight excluding hydrogens is 344 g/mol. The number of thiol groups is 1.